The molecule has 0 fully saturated rings. The monoisotopic (exact) mass is 314 g/mol. The SMILES string of the molecule is CO/N=C1\C(=N/OCCOS(C)(=O)=O)Oc2ccccc21. The summed E-state index contributed by atoms with van der Waals surface area (Å²) in [6, 6.07) is 7.21. The molecule has 0 aromatic heterocycles. The Morgan fingerprint density at radius 1 is 1.19 bits per heavy atom. The van der Waals surface area contributed by atoms with E-state index in [1.54, 1.807) is 6.07 Å². The molecule has 1 aromatic carbocycles. The molecule has 1 heterocycles. The van der Waals surface area contributed by atoms with Crippen LogP contribution in [0.3, 0.4) is 0 Å². The first-order chi connectivity index (χ1) is 10.0. The maximum atomic E-state index is 10.8. The predicted octanol–water partition coefficient (Wildman–Crippen LogP) is 0.736. The Morgan fingerprint density at radius 3 is 2.67 bits per heavy atom. The van der Waals surface area contributed by atoms with Gasteiger partial charge in [0.05, 0.1) is 11.8 Å². The zero-order valence-corrected chi connectivity index (χ0v) is 12.3. The lowest BCUT2D eigenvalue weighted by atomic mass is 10.1. The van der Waals surface area contributed by atoms with Crippen LogP contribution in [0.25, 0.3) is 0 Å². The van der Waals surface area contributed by atoms with Crippen molar-refractivity contribution in [1.29, 1.82) is 0 Å². The highest BCUT2D eigenvalue weighted by Gasteiger charge is 2.28. The van der Waals surface area contributed by atoms with Crippen LogP contribution in [0.4, 0.5) is 0 Å². The molecule has 114 valence electrons. The van der Waals surface area contributed by atoms with Gasteiger partial charge in [0.15, 0.2) is 5.71 Å². The molecule has 0 spiro atoms. The van der Waals surface area contributed by atoms with Gasteiger partial charge in [0, 0.05) is 0 Å². The second kappa shape index (κ2) is 6.55. The molecule has 0 amide bonds. The van der Waals surface area contributed by atoms with Crippen molar-refractivity contribution < 1.29 is 27.0 Å². The van der Waals surface area contributed by atoms with Gasteiger partial charge < -0.3 is 14.4 Å². The molecule has 1 aromatic rings. The lowest BCUT2D eigenvalue weighted by molar-refractivity contribution is 0.107. The van der Waals surface area contributed by atoms with Crippen LogP contribution in [0.5, 0.6) is 5.75 Å². The zero-order chi connectivity index (χ0) is 15.3. The van der Waals surface area contributed by atoms with Crippen molar-refractivity contribution in [3.05, 3.63) is 29.8 Å². The Hall–Kier alpha value is -2.13. The first-order valence-corrected chi connectivity index (χ1v) is 7.76. The Morgan fingerprint density at radius 2 is 1.95 bits per heavy atom. The molecule has 1 aliphatic heterocycles. The van der Waals surface area contributed by atoms with Gasteiger partial charge >= 0.3 is 0 Å². The van der Waals surface area contributed by atoms with Gasteiger partial charge in [-0.2, -0.15) is 8.42 Å². The number of oxime groups is 2. The van der Waals surface area contributed by atoms with Crippen molar-refractivity contribution in [3.8, 4) is 5.75 Å². The van der Waals surface area contributed by atoms with E-state index in [4.69, 9.17) is 14.4 Å². The van der Waals surface area contributed by atoms with E-state index in [2.05, 4.69) is 14.5 Å². The molecule has 0 saturated heterocycles. The number of benzene rings is 1. The van der Waals surface area contributed by atoms with Crippen LogP contribution in [-0.2, 0) is 24.0 Å². The number of para-hydroxylation sites is 1. The fourth-order valence-electron chi connectivity index (χ4n) is 1.59. The van der Waals surface area contributed by atoms with E-state index >= 15 is 0 Å². The van der Waals surface area contributed by atoms with Crippen molar-refractivity contribution in [2.24, 2.45) is 10.3 Å². The summed E-state index contributed by atoms with van der Waals surface area (Å²) in [6.07, 6.45) is 0.957. The fraction of sp³-hybridized carbons (Fsp3) is 0.333. The lowest BCUT2D eigenvalue weighted by Crippen LogP contribution is -2.15. The number of ether oxygens (including phenoxy) is 1. The third-order valence-corrected chi connectivity index (χ3v) is 2.95. The summed E-state index contributed by atoms with van der Waals surface area (Å²) < 4.78 is 31.5. The first-order valence-electron chi connectivity index (χ1n) is 5.94. The molecule has 2 rings (SSSR count). The largest absolute Gasteiger partial charge is 0.434 e. The van der Waals surface area contributed by atoms with Gasteiger partial charge in [0.25, 0.3) is 16.0 Å². The van der Waals surface area contributed by atoms with E-state index in [-0.39, 0.29) is 19.1 Å². The zero-order valence-electron chi connectivity index (χ0n) is 11.5. The molecule has 8 nitrogen and oxygen atoms in total. The van der Waals surface area contributed by atoms with E-state index < -0.39 is 10.1 Å². The van der Waals surface area contributed by atoms with Crippen LogP contribution in [0.1, 0.15) is 5.56 Å². The van der Waals surface area contributed by atoms with Crippen molar-refractivity contribution in [1.82, 2.24) is 0 Å². The van der Waals surface area contributed by atoms with Crippen molar-refractivity contribution in [2.45, 2.75) is 0 Å². The van der Waals surface area contributed by atoms with E-state index in [0.29, 0.717) is 11.5 Å². The van der Waals surface area contributed by atoms with Gasteiger partial charge in [-0.25, -0.2) is 0 Å². The second-order valence-electron chi connectivity index (χ2n) is 3.98. The van der Waals surface area contributed by atoms with Gasteiger partial charge in [0.2, 0.25) is 0 Å². The Bertz CT molecular complexity index is 668. The Labute approximate surface area is 122 Å². The number of rotatable bonds is 6. The summed E-state index contributed by atoms with van der Waals surface area (Å²) >= 11 is 0. The third kappa shape index (κ3) is 4.17. The van der Waals surface area contributed by atoms with Crippen LogP contribution in [-0.4, -0.2) is 46.6 Å². The van der Waals surface area contributed by atoms with Crippen LogP contribution in [0.15, 0.2) is 34.6 Å². The average molecular weight is 314 g/mol. The standard InChI is InChI=1S/C12H14N2O6S/c1-17-13-11-9-5-3-4-6-10(9)20-12(11)14-18-7-8-19-21(2,15)16/h3-6H,7-8H2,1-2H3/b13-11-,14-12+. The highest BCUT2D eigenvalue weighted by atomic mass is 32.2. The summed E-state index contributed by atoms with van der Waals surface area (Å²) in [4.78, 5) is 9.71. The molecule has 0 aliphatic carbocycles. The maximum Gasteiger partial charge on any atom is 0.286 e. The molecule has 0 N–H and O–H groups in total. The quantitative estimate of drug-likeness (QED) is 0.436. The smallest absolute Gasteiger partial charge is 0.286 e. The number of fused-ring (bicyclic) bond motifs is 1. The topological polar surface area (TPSA) is 95.8 Å². The highest BCUT2D eigenvalue weighted by molar-refractivity contribution is 7.85. The van der Waals surface area contributed by atoms with E-state index in [1.165, 1.54) is 7.11 Å². The normalized spacial score (nSPS) is 17.6. The molecular formula is C12H14N2O6S. The number of hydrogen-bond acceptors (Lipinski definition) is 8. The molecule has 0 unspecified atom stereocenters. The molecule has 1 aliphatic rings. The molecule has 0 saturated carbocycles. The van der Waals surface area contributed by atoms with Crippen molar-refractivity contribution >= 4 is 21.7 Å². The summed E-state index contributed by atoms with van der Waals surface area (Å²) in [5.41, 5.74) is 1.13. The highest BCUT2D eigenvalue weighted by Crippen LogP contribution is 2.26. The third-order valence-electron chi connectivity index (χ3n) is 2.35. The Kier molecular flexibility index (Phi) is 4.76. The summed E-state index contributed by atoms with van der Waals surface area (Å²) in [5, 5.41) is 7.60. The molecule has 21 heavy (non-hydrogen) atoms. The fourth-order valence-corrected chi connectivity index (χ4v) is 1.96. The summed E-state index contributed by atoms with van der Waals surface area (Å²) in [5.74, 6) is 0.723. The van der Waals surface area contributed by atoms with Crippen LogP contribution >= 0.6 is 0 Å². The molecule has 0 bridgehead atoms. The minimum absolute atomic E-state index is 0.0451. The van der Waals surface area contributed by atoms with Gasteiger partial charge in [0.1, 0.15) is 26.1 Å². The minimum Gasteiger partial charge on any atom is -0.434 e. The van der Waals surface area contributed by atoms with E-state index in [0.717, 1.165) is 11.8 Å². The number of nitrogens with zero attached hydrogens (tertiary/aromatic N) is 2. The predicted molar refractivity (Wildman–Crippen MR) is 74.8 cm³/mol. The maximum absolute atomic E-state index is 10.8. The van der Waals surface area contributed by atoms with Crippen LogP contribution < -0.4 is 4.74 Å². The Balaban J connectivity index is 2.00. The average Bonchev–Trinajstić information content (AvgIpc) is 2.76. The molecule has 0 radical (unpaired) electrons. The lowest BCUT2D eigenvalue weighted by Gasteiger charge is -2.01. The van der Waals surface area contributed by atoms with Crippen molar-refractivity contribution in [2.75, 3.05) is 26.6 Å². The first kappa shape index (κ1) is 15.3. The molecular weight excluding hydrogens is 300 g/mol. The van der Waals surface area contributed by atoms with E-state index in [9.17, 15) is 8.42 Å². The molecule has 0 atom stereocenters. The second-order valence-corrected chi connectivity index (χ2v) is 5.62. The van der Waals surface area contributed by atoms with Gasteiger partial charge in [-0.05, 0) is 17.3 Å². The summed E-state index contributed by atoms with van der Waals surface area (Å²) in [6.45, 7) is -0.185. The number of hydrogen-bond donors (Lipinski definition) is 0. The van der Waals surface area contributed by atoms with Gasteiger partial charge in [-0.1, -0.05) is 17.3 Å². The minimum atomic E-state index is -3.49. The van der Waals surface area contributed by atoms with Gasteiger partial charge in [-0.15, -0.1) is 0 Å². The van der Waals surface area contributed by atoms with Crippen LogP contribution in [0, 0.1) is 0 Å². The summed E-state index contributed by atoms with van der Waals surface area (Å²) in [7, 11) is -2.08. The van der Waals surface area contributed by atoms with Crippen LogP contribution in [0.2, 0.25) is 0 Å². The van der Waals surface area contributed by atoms with Gasteiger partial charge in [-0.3, -0.25) is 4.18 Å². The van der Waals surface area contributed by atoms with Crippen molar-refractivity contribution in [3.63, 3.8) is 0 Å². The van der Waals surface area contributed by atoms with E-state index in [1.807, 2.05) is 18.2 Å². The molecule has 9 heteroatoms.